The summed E-state index contributed by atoms with van der Waals surface area (Å²) >= 11 is 0. The van der Waals surface area contributed by atoms with Crippen LogP contribution in [0.25, 0.3) is 0 Å². The quantitative estimate of drug-likeness (QED) is 0.714. The van der Waals surface area contributed by atoms with Gasteiger partial charge >= 0.3 is 0 Å². The first-order chi connectivity index (χ1) is 11.3. The van der Waals surface area contributed by atoms with Crippen molar-refractivity contribution in [3.8, 4) is 5.75 Å². The standard InChI is InChI=1S/C20H34N2O2/c1-7-8-17-12-16(4)20(18(13-17)11-15(2)3)24-14-19(23)21-9-10-22(5)6/h12-13,15H,7-11,14H2,1-6H3,(H,21,23). The molecule has 0 saturated carbocycles. The van der Waals surface area contributed by atoms with Crippen LogP contribution in [0.5, 0.6) is 5.75 Å². The highest BCUT2D eigenvalue weighted by atomic mass is 16.5. The lowest BCUT2D eigenvalue weighted by Crippen LogP contribution is -2.34. The number of likely N-dealkylation sites (N-methyl/N-ethyl adjacent to an activating group) is 1. The Hall–Kier alpha value is -1.55. The molecule has 0 aliphatic heterocycles. The SMILES string of the molecule is CCCc1cc(C)c(OCC(=O)NCCN(C)C)c(CC(C)C)c1. The Morgan fingerprint density at radius 2 is 2.00 bits per heavy atom. The fourth-order valence-corrected chi connectivity index (χ4v) is 2.77. The zero-order chi connectivity index (χ0) is 18.1. The summed E-state index contributed by atoms with van der Waals surface area (Å²) in [6.07, 6.45) is 3.18. The van der Waals surface area contributed by atoms with Gasteiger partial charge in [-0.15, -0.1) is 0 Å². The van der Waals surface area contributed by atoms with E-state index in [0.29, 0.717) is 12.5 Å². The van der Waals surface area contributed by atoms with Crippen LogP contribution in [0.2, 0.25) is 0 Å². The highest BCUT2D eigenvalue weighted by Crippen LogP contribution is 2.28. The Kier molecular flexibility index (Phi) is 8.83. The highest BCUT2D eigenvalue weighted by Gasteiger charge is 2.13. The second kappa shape index (κ2) is 10.3. The van der Waals surface area contributed by atoms with Gasteiger partial charge in [0.05, 0.1) is 0 Å². The number of nitrogens with one attached hydrogen (secondary N) is 1. The molecular weight excluding hydrogens is 300 g/mol. The molecule has 1 rings (SSSR count). The molecule has 0 fully saturated rings. The second-order valence-electron chi connectivity index (χ2n) is 7.19. The van der Waals surface area contributed by atoms with Gasteiger partial charge in [0.1, 0.15) is 5.75 Å². The molecular formula is C20H34N2O2. The van der Waals surface area contributed by atoms with E-state index in [1.54, 1.807) is 0 Å². The van der Waals surface area contributed by atoms with Crippen molar-refractivity contribution < 1.29 is 9.53 Å². The van der Waals surface area contributed by atoms with Gasteiger partial charge in [-0.1, -0.05) is 39.3 Å². The summed E-state index contributed by atoms with van der Waals surface area (Å²) in [5.41, 5.74) is 3.70. The van der Waals surface area contributed by atoms with Gasteiger partial charge in [-0.2, -0.15) is 0 Å². The van der Waals surface area contributed by atoms with Crippen LogP contribution in [-0.2, 0) is 17.6 Å². The fraction of sp³-hybridized carbons (Fsp3) is 0.650. The van der Waals surface area contributed by atoms with E-state index in [1.165, 1.54) is 11.1 Å². The molecule has 4 nitrogen and oxygen atoms in total. The summed E-state index contributed by atoms with van der Waals surface area (Å²) in [4.78, 5) is 14.0. The molecule has 4 heteroatoms. The third-order valence-electron chi connectivity index (χ3n) is 3.81. The van der Waals surface area contributed by atoms with Crippen LogP contribution in [0.3, 0.4) is 0 Å². The first-order valence-electron chi connectivity index (χ1n) is 9.00. The summed E-state index contributed by atoms with van der Waals surface area (Å²) in [7, 11) is 3.98. The number of aryl methyl sites for hydroxylation is 2. The van der Waals surface area contributed by atoms with E-state index in [-0.39, 0.29) is 12.5 Å². The van der Waals surface area contributed by atoms with Gasteiger partial charge in [0.25, 0.3) is 5.91 Å². The number of hydrogen-bond donors (Lipinski definition) is 1. The van der Waals surface area contributed by atoms with Gasteiger partial charge in [0.2, 0.25) is 0 Å². The van der Waals surface area contributed by atoms with E-state index in [1.807, 2.05) is 19.0 Å². The van der Waals surface area contributed by atoms with Gasteiger partial charge < -0.3 is 15.0 Å². The number of nitrogens with zero attached hydrogens (tertiary/aromatic N) is 1. The minimum atomic E-state index is -0.0654. The maximum atomic E-state index is 12.0. The third-order valence-corrected chi connectivity index (χ3v) is 3.81. The lowest BCUT2D eigenvalue weighted by molar-refractivity contribution is -0.123. The van der Waals surface area contributed by atoms with Crippen molar-refractivity contribution in [3.05, 3.63) is 28.8 Å². The predicted molar refractivity (Wildman–Crippen MR) is 101 cm³/mol. The minimum absolute atomic E-state index is 0.0654. The van der Waals surface area contributed by atoms with Crippen molar-refractivity contribution in [1.82, 2.24) is 10.2 Å². The molecule has 24 heavy (non-hydrogen) atoms. The lowest BCUT2D eigenvalue weighted by Gasteiger charge is -2.18. The van der Waals surface area contributed by atoms with E-state index in [2.05, 4.69) is 45.1 Å². The van der Waals surface area contributed by atoms with Gasteiger partial charge in [0, 0.05) is 13.1 Å². The largest absolute Gasteiger partial charge is 0.483 e. The molecule has 1 aromatic carbocycles. The number of carbonyl (C=O) groups is 1. The summed E-state index contributed by atoms with van der Waals surface area (Å²) in [6.45, 7) is 10.2. The zero-order valence-corrected chi connectivity index (χ0v) is 16.2. The molecule has 0 heterocycles. The van der Waals surface area contributed by atoms with Crippen molar-refractivity contribution in [3.63, 3.8) is 0 Å². The van der Waals surface area contributed by atoms with Crippen LogP contribution in [0, 0.1) is 12.8 Å². The second-order valence-corrected chi connectivity index (χ2v) is 7.19. The number of amides is 1. The number of rotatable bonds is 10. The number of hydrogen-bond acceptors (Lipinski definition) is 3. The van der Waals surface area contributed by atoms with Crippen LogP contribution >= 0.6 is 0 Å². The van der Waals surface area contributed by atoms with Gasteiger partial charge in [-0.05, 0) is 56.5 Å². The summed E-state index contributed by atoms with van der Waals surface area (Å²) < 4.78 is 5.90. The zero-order valence-electron chi connectivity index (χ0n) is 16.2. The van der Waals surface area contributed by atoms with E-state index in [0.717, 1.165) is 37.1 Å². The molecule has 0 saturated heterocycles. The average molecular weight is 335 g/mol. The normalized spacial score (nSPS) is 11.2. The van der Waals surface area contributed by atoms with Gasteiger partial charge in [0.15, 0.2) is 6.61 Å². The Bertz CT molecular complexity index is 525. The summed E-state index contributed by atoms with van der Waals surface area (Å²) in [5, 5.41) is 2.89. The van der Waals surface area contributed by atoms with Gasteiger partial charge in [-0.3, -0.25) is 4.79 Å². The van der Waals surface area contributed by atoms with E-state index >= 15 is 0 Å². The topological polar surface area (TPSA) is 41.6 Å². The Morgan fingerprint density at radius 1 is 1.29 bits per heavy atom. The summed E-state index contributed by atoms with van der Waals surface area (Å²) in [6, 6.07) is 4.43. The predicted octanol–water partition coefficient (Wildman–Crippen LogP) is 3.20. The lowest BCUT2D eigenvalue weighted by atomic mass is 9.96. The van der Waals surface area contributed by atoms with Crippen molar-refractivity contribution >= 4 is 5.91 Å². The molecule has 0 atom stereocenters. The molecule has 136 valence electrons. The number of ether oxygens (including phenoxy) is 1. The fourth-order valence-electron chi connectivity index (χ4n) is 2.77. The average Bonchev–Trinajstić information content (AvgIpc) is 2.45. The van der Waals surface area contributed by atoms with Crippen LogP contribution in [0.1, 0.15) is 43.9 Å². The summed E-state index contributed by atoms with van der Waals surface area (Å²) in [5.74, 6) is 1.37. The molecule has 0 radical (unpaired) electrons. The molecule has 1 aromatic rings. The molecule has 1 N–H and O–H groups in total. The number of benzene rings is 1. The Labute approximate surface area is 147 Å². The number of carbonyl (C=O) groups excluding carboxylic acids is 1. The minimum Gasteiger partial charge on any atom is -0.483 e. The van der Waals surface area contributed by atoms with E-state index in [4.69, 9.17) is 4.74 Å². The Balaban J connectivity index is 2.76. The van der Waals surface area contributed by atoms with Crippen LogP contribution in [0.4, 0.5) is 0 Å². The molecule has 0 aromatic heterocycles. The van der Waals surface area contributed by atoms with E-state index in [9.17, 15) is 4.79 Å². The first-order valence-corrected chi connectivity index (χ1v) is 9.00. The molecule has 0 unspecified atom stereocenters. The van der Waals surface area contributed by atoms with Crippen molar-refractivity contribution in [1.29, 1.82) is 0 Å². The van der Waals surface area contributed by atoms with E-state index < -0.39 is 0 Å². The molecule has 0 aliphatic rings. The van der Waals surface area contributed by atoms with Gasteiger partial charge in [-0.25, -0.2) is 0 Å². The third kappa shape index (κ3) is 7.35. The van der Waals surface area contributed by atoms with Crippen LogP contribution in [-0.4, -0.2) is 44.6 Å². The smallest absolute Gasteiger partial charge is 0.257 e. The van der Waals surface area contributed by atoms with Crippen molar-refractivity contribution in [2.45, 2.75) is 47.0 Å². The monoisotopic (exact) mass is 334 g/mol. The van der Waals surface area contributed by atoms with Crippen LogP contribution < -0.4 is 10.1 Å². The van der Waals surface area contributed by atoms with Crippen LogP contribution in [0.15, 0.2) is 12.1 Å². The molecule has 1 amide bonds. The first kappa shape index (κ1) is 20.5. The Morgan fingerprint density at radius 3 is 2.58 bits per heavy atom. The maximum Gasteiger partial charge on any atom is 0.257 e. The van der Waals surface area contributed by atoms with Crippen molar-refractivity contribution in [2.75, 3.05) is 33.8 Å². The molecule has 0 spiro atoms. The highest BCUT2D eigenvalue weighted by molar-refractivity contribution is 5.77. The molecule has 0 aliphatic carbocycles. The van der Waals surface area contributed by atoms with Crippen molar-refractivity contribution in [2.24, 2.45) is 5.92 Å². The maximum absolute atomic E-state index is 12.0. The molecule has 0 bridgehead atoms.